The SMILES string of the molecule is CCCc1c(C(=O)N2C[C@H](C)O[C@@H](C)C2)cnn1-c1ccccc1. The molecule has 0 unspecified atom stereocenters. The van der Waals surface area contributed by atoms with Gasteiger partial charge < -0.3 is 9.64 Å². The Balaban J connectivity index is 1.93. The molecule has 1 aromatic carbocycles. The molecule has 1 aromatic heterocycles. The van der Waals surface area contributed by atoms with Gasteiger partial charge in [-0.05, 0) is 32.4 Å². The van der Waals surface area contributed by atoms with Gasteiger partial charge in [0.25, 0.3) is 5.91 Å². The van der Waals surface area contributed by atoms with Crippen molar-refractivity contribution in [3.8, 4) is 5.69 Å². The largest absolute Gasteiger partial charge is 0.372 e. The molecule has 1 aliphatic heterocycles. The van der Waals surface area contributed by atoms with Crippen LogP contribution >= 0.6 is 0 Å². The molecule has 0 aliphatic carbocycles. The third-order valence-electron chi connectivity index (χ3n) is 4.29. The van der Waals surface area contributed by atoms with Gasteiger partial charge in [0, 0.05) is 13.1 Å². The second-order valence-corrected chi connectivity index (χ2v) is 6.47. The van der Waals surface area contributed by atoms with Crippen LogP contribution in [-0.4, -0.2) is 45.9 Å². The van der Waals surface area contributed by atoms with Crippen LogP contribution in [0.5, 0.6) is 0 Å². The number of amides is 1. The van der Waals surface area contributed by atoms with Crippen LogP contribution in [-0.2, 0) is 11.2 Å². The molecule has 0 N–H and O–H groups in total. The lowest BCUT2D eigenvalue weighted by atomic mass is 10.1. The Kier molecular flexibility index (Phi) is 5.00. The number of carbonyl (C=O) groups is 1. The monoisotopic (exact) mass is 327 g/mol. The van der Waals surface area contributed by atoms with E-state index in [1.165, 1.54) is 0 Å². The minimum absolute atomic E-state index is 0.0580. The Labute approximate surface area is 143 Å². The van der Waals surface area contributed by atoms with Gasteiger partial charge in [-0.25, -0.2) is 4.68 Å². The van der Waals surface area contributed by atoms with Gasteiger partial charge in [0.2, 0.25) is 0 Å². The van der Waals surface area contributed by atoms with Crippen molar-refractivity contribution < 1.29 is 9.53 Å². The molecule has 2 heterocycles. The van der Waals surface area contributed by atoms with Crippen LogP contribution in [0, 0.1) is 0 Å². The Morgan fingerprint density at radius 3 is 2.50 bits per heavy atom. The lowest BCUT2D eigenvalue weighted by Crippen LogP contribution is -2.48. The van der Waals surface area contributed by atoms with Crippen LogP contribution in [0.1, 0.15) is 43.2 Å². The van der Waals surface area contributed by atoms with Gasteiger partial charge >= 0.3 is 0 Å². The van der Waals surface area contributed by atoms with E-state index in [-0.39, 0.29) is 18.1 Å². The minimum atomic E-state index is 0.0580. The summed E-state index contributed by atoms with van der Waals surface area (Å²) in [6, 6.07) is 9.98. The molecule has 1 saturated heterocycles. The fourth-order valence-corrected chi connectivity index (χ4v) is 3.34. The number of ether oxygens (including phenoxy) is 1. The van der Waals surface area contributed by atoms with Crippen LogP contribution in [0.3, 0.4) is 0 Å². The van der Waals surface area contributed by atoms with Crippen LogP contribution in [0.4, 0.5) is 0 Å². The highest BCUT2D eigenvalue weighted by atomic mass is 16.5. The molecule has 0 bridgehead atoms. The summed E-state index contributed by atoms with van der Waals surface area (Å²) in [6.45, 7) is 7.40. The van der Waals surface area contributed by atoms with Crippen molar-refractivity contribution in [2.45, 2.75) is 45.8 Å². The Morgan fingerprint density at radius 2 is 1.88 bits per heavy atom. The van der Waals surface area contributed by atoms with Gasteiger partial charge in [0.1, 0.15) is 0 Å². The summed E-state index contributed by atoms with van der Waals surface area (Å²) in [5.74, 6) is 0.0580. The quantitative estimate of drug-likeness (QED) is 0.867. The van der Waals surface area contributed by atoms with E-state index in [0.29, 0.717) is 18.7 Å². The first kappa shape index (κ1) is 16.7. The van der Waals surface area contributed by atoms with E-state index in [4.69, 9.17) is 4.74 Å². The van der Waals surface area contributed by atoms with E-state index < -0.39 is 0 Å². The molecule has 5 heteroatoms. The summed E-state index contributed by atoms with van der Waals surface area (Å²) in [4.78, 5) is 14.9. The van der Waals surface area contributed by atoms with Crippen molar-refractivity contribution in [2.24, 2.45) is 0 Å². The van der Waals surface area contributed by atoms with Crippen molar-refractivity contribution in [3.05, 3.63) is 47.8 Å². The first-order valence-corrected chi connectivity index (χ1v) is 8.67. The number of para-hydroxylation sites is 1. The molecule has 1 aliphatic rings. The Bertz CT molecular complexity index is 686. The predicted molar refractivity (Wildman–Crippen MR) is 93.5 cm³/mol. The zero-order valence-electron chi connectivity index (χ0n) is 14.6. The van der Waals surface area contributed by atoms with Crippen LogP contribution < -0.4 is 0 Å². The molecule has 0 saturated carbocycles. The van der Waals surface area contributed by atoms with Gasteiger partial charge in [-0.15, -0.1) is 0 Å². The van der Waals surface area contributed by atoms with E-state index in [1.807, 2.05) is 53.8 Å². The van der Waals surface area contributed by atoms with Gasteiger partial charge in [-0.1, -0.05) is 31.5 Å². The molecule has 1 amide bonds. The molecule has 128 valence electrons. The second kappa shape index (κ2) is 7.18. The lowest BCUT2D eigenvalue weighted by molar-refractivity contribution is -0.0586. The number of benzene rings is 1. The summed E-state index contributed by atoms with van der Waals surface area (Å²) in [7, 11) is 0. The van der Waals surface area contributed by atoms with E-state index in [9.17, 15) is 4.79 Å². The number of carbonyl (C=O) groups excluding carboxylic acids is 1. The standard InChI is InChI=1S/C19H25N3O2/c1-4-8-18-17(11-20-22(18)16-9-6-5-7-10-16)19(23)21-12-14(2)24-15(3)13-21/h5-7,9-11,14-15H,4,8,12-13H2,1-3H3/t14-,15-/m0/s1. The van der Waals surface area contributed by atoms with E-state index >= 15 is 0 Å². The fourth-order valence-electron chi connectivity index (χ4n) is 3.34. The van der Waals surface area contributed by atoms with Crippen molar-refractivity contribution in [1.82, 2.24) is 14.7 Å². The number of nitrogens with zero attached hydrogens (tertiary/aromatic N) is 3. The zero-order valence-corrected chi connectivity index (χ0v) is 14.6. The summed E-state index contributed by atoms with van der Waals surface area (Å²) >= 11 is 0. The molecular formula is C19H25N3O2. The van der Waals surface area contributed by atoms with E-state index in [0.717, 1.165) is 24.2 Å². The third-order valence-corrected chi connectivity index (χ3v) is 4.29. The highest BCUT2D eigenvalue weighted by molar-refractivity contribution is 5.95. The molecule has 2 aromatic rings. The lowest BCUT2D eigenvalue weighted by Gasteiger charge is -2.35. The van der Waals surface area contributed by atoms with Gasteiger partial charge in [-0.3, -0.25) is 4.79 Å². The fraction of sp³-hybridized carbons (Fsp3) is 0.474. The van der Waals surface area contributed by atoms with Crippen LogP contribution in [0.15, 0.2) is 36.5 Å². The number of aromatic nitrogens is 2. The van der Waals surface area contributed by atoms with Gasteiger partial charge in [0.05, 0.1) is 35.3 Å². The molecule has 1 fully saturated rings. The van der Waals surface area contributed by atoms with Crippen LogP contribution in [0.2, 0.25) is 0 Å². The van der Waals surface area contributed by atoms with Gasteiger partial charge in [-0.2, -0.15) is 5.10 Å². The molecule has 2 atom stereocenters. The van der Waals surface area contributed by atoms with E-state index in [1.54, 1.807) is 6.20 Å². The van der Waals surface area contributed by atoms with Crippen molar-refractivity contribution in [2.75, 3.05) is 13.1 Å². The first-order valence-electron chi connectivity index (χ1n) is 8.67. The molecule has 3 rings (SSSR count). The highest BCUT2D eigenvalue weighted by Crippen LogP contribution is 2.20. The number of hydrogen-bond donors (Lipinski definition) is 0. The maximum absolute atomic E-state index is 13.0. The van der Waals surface area contributed by atoms with Crippen LogP contribution in [0.25, 0.3) is 5.69 Å². The maximum atomic E-state index is 13.0. The average Bonchev–Trinajstić information content (AvgIpc) is 2.98. The van der Waals surface area contributed by atoms with E-state index in [2.05, 4.69) is 12.0 Å². The molecular weight excluding hydrogens is 302 g/mol. The average molecular weight is 327 g/mol. The molecule has 0 radical (unpaired) electrons. The molecule has 5 nitrogen and oxygen atoms in total. The zero-order chi connectivity index (χ0) is 17.1. The normalized spacial score (nSPS) is 21.0. The number of morpholine rings is 1. The first-order chi connectivity index (χ1) is 11.6. The minimum Gasteiger partial charge on any atom is -0.372 e. The Morgan fingerprint density at radius 1 is 1.21 bits per heavy atom. The second-order valence-electron chi connectivity index (χ2n) is 6.47. The van der Waals surface area contributed by atoms with Crippen molar-refractivity contribution in [1.29, 1.82) is 0 Å². The summed E-state index contributed by atoms with van der Waals surface area (Å²) in [5.41, 5.74) is 2.69. The Hall–Kier alpha value is -2.14. The number of rotatable bonds is 4. The number of hydrogen-bond acceptors (Lipinski definition) is 3. The maximum Gasteiger partial charge on any atom is 0.257 e. The summed E-state index contributed by atoms with van der Waals surface area (Å²) in [6.07, 6.45) is 3.64. The molecule has 0 spiro atoms. The molecule has 24 heavy (non-hydrogen) atoms. The summed E-state index contributed by atoms with van der Waals surface area (Å²) < 4.78 is 7.63. The highest BCUT2D eigenvalue weighted by Gasteiger charge is 2.29. The van der Waals surface area contributed by atoms with Crippen molar-refractivity contribution >= 4 is 5.91 Å². The smallest absolute Gasteiger partial charge is 0.257 e. The topological polar surface area (TPSA) is 47.4 Å². The predicted octanol–water partition coefficient (Wildman–Crippen LogP) is 3.07. The van der Waals surface area contributed by atoms with Crippen molar-refractivity contribution in [3.63, 3.8) is 0 Å². The van der Waals surface area contributed by atoms with Gasteiger partial charge in [0.15, 0.2) is 0 Å². The third kappa shape index (κ3) is 3.36. The summed E-state index contributed by atoms with van der Waals surface area (Å²) in [5, 5.41) is 4.50.